The maximum absolute atomic E-state index is 12.6. The summed E-state index contributed by atoms with van der Waals surface area (Å²) in [6.07, 6.45) is 1.99. The highest BCUT2D eigenvalue weighted by molar-refractivity contribution is 7.78. The summed E-state index contributed by atoms with van der Waals surface area (Å²) >= 11 is 4.67. The Kier molecular flexibility index (Phi) is 6.82. The van der Waals surface area contributed by atoms with Gasteiger partial charge in [-0.3, -0.25) is 4.79 Å². The molecule has 2 rings (SSSR count). The van der Waals surface area contributed by atoms with Gasteiger partial charge < -0.3 is 9.64 Å². The van der Waals surface area contributed by atoms with Gasteiger partial charge in [-0.2, -0.15) is 4.99 Å². The number of aliphatic imine (C=N–C) groups is 1. The van der Waals surface area contributed by atoms with Gasteiger partial charge in [-0.05, 0) is 81.4 Å². The van der Waals surface area contributed by atoms with Crippen LogP contribution in [0.3, 0.4) is 0 Å². The molecule has 1 saturated heterocycles. The summed E-state index contributed by atoms with van der Waals surface area (Å²) < 4.78 is 5.63. The fraction of sp³-hybridized carbons (Fsp3) is 0.636. The van der Waals surface area contributed by atoms with Crippen LogP contribution in [0.25, 0.3) is 0 Å². The van der Waals surface area contributed by atoms with E-state index in [2.05, 4.69) is 53.3 Å². The average molecular weight is 389 g/mol. The number of hydrogen-bond donors (Lipinski definition) is 0. The SMILES string of the molecule is CC(C(=O)OC(C)(C)C)C1CCN(c2ccc(N=C=S)cc2)CC(C)(C)C1. The molecule has 0 N–H and O–H groups in total. The van der Waals surface area contributed by atoms with Gasteiger partial charge in [-0.1, -0.05) is 20.8 Å². The molecule has 1 heterocycles. The summed E-state index contributed by atoms with van der Waals surface area (Å²) in [7, 11) is 0. The van der Waals surface area contributed by atoms with Crippen molar-refractivity contribution in [2.45, 2.75) is 60.0 Å². The number of hydrogen-bond acceptors (Lipinski definition) is 5. The Balaban J connectivity index is 2.13. The first-order valence-electron chi connectivity index (χ1n) is 9.66. The molecule has 0 amide bonds. The van der Waals surface area contributed by atoms with Gasteiger partial charge in [0.2, 0.25) is 0 Å². The van der Waals surface area contributed by atoms with Crippen molar-refractivity contribution < 1.29 is 9.53 Å². The van der Waals surface area contributed by atoms with Gasteiger partial charge in [-0.25, -0.2) is 0 Å². The topological polar surface area (TPSA) is 41.9 Å². The van der Waals surface area contributed by atoms with Crippen molar-refractivity contribution in [3.63, 3.8) is 0 Å². The fourth-order valence-corrected chi connectivity index (χ4v) is 3.92. The lowest BCUT2D eigenvalue weighted by molar-refractivity contribution is -0.161. The van der Waals surface area contributed by atoms with Gasteiger partial charge in [-0.15, -0.1) is 0 Å². The highest BCUT2D eigenvalue weighted by Crippen LogP contribution is 2.38. The molecule has 0 saturated carbocycles. The maximum Gasteiger partial charge on any atom is 0.309 e. The summed E-state index contributed by atoms with van der Waals surface area (Å²) in [6.45, 7) is 14.2. The van der Waals surface area contributed by atoms with Gasteiger partial charge >= 0.3 is 5.97 Å². The van der Waals surface area contributed by atoms with E-state index in [0.717, 1.165) is 31.6 Å². The van der Waals surface area contributed by atoms with Crippen LogP contribution < -0.4 is 4.90 Å². The molecule has 1 fully saturated rings. The van der Waals surface area contributed by atoms with Crippen molar-refractivity contribution in [1.82, 2.24) is 0 Å². The highest BCUT2D eigenvalue weighted by atomic mass is 32.1. The Labute approximate surface area is 169 Å². The van der Waals surface area contributed by atoms with Gasteiger partial charge in [0.25, 0.3) is 0 Å². The van der Waals surface area contributed by atoms with Gasteiger partial charge in [0.1, 0.15) is 5.60 Å². The second-order valence-corrected chi connectivity index (χ2v) is 9.56. The van der Waals surface area contributed by atoms with E-state index in [4.69, 9.17) is 4.74 Å². The van der Waals surface area contributed by atoms with Crippen molar-refractivity contribution in [2.75, 3.05) is 18.0 Å². The number of thiocarbonyl (C=S) groups is 1. The Hall–Kier alpha value is -1.71. The largest absolute Gasteiger partial charge is 0.460 e. The van der Waals surface area contributed by atoms with Gasteiger partial charge in [0, 0.05) is 18.8 Å². The first-order valence-corrected chi connectivity index (χ1v) is 10.1. The van der Waals surface area contributed by atoms with E-state index in [9.17, 15) is 4.79 Å². The summed E-state index contributed by atoms with van der Waals surface area (Å²) in [5.41, 5.74) is 1.67. The van der Waals surface area contributed by atoms with Crippen LogP contribution in [0.2, 0.25) is 0 Å². The lowest BCUT2D eigenvalue weighted by atomic mass is 9.77. The molecule has 2 unspecified atom stereocenters. The predicted molar refractivity (Wildman–Crippen MR) is 115 cm³/mol. The van der Waals surface area contributed by atoms with Crippen LogP contribution in [0.15, 0.2) is 29.3 Å². The van der Waals surface area contributed by atoms with Crippen LogP contribution in [0.4, 0.5) is 11.4 Å². The molecule has 1 aliphatic heterocycles. The van der Waals surface area contributed by atoms with Crippen molar-refractivity contribution in [3.8, 4) is 0 Å². The lowest BCUT2D eigenvalue weighted by Crippen LogP contribution is -2.33. The standard InChI is InChI=1S/C22H32N2O2S/c1-16(20(25)26-21(2,3)4)17-11-12-24(14-22(5,6)13-17)19-9-7-18(8-10-19)23-15-27/h7-10,16-17H,11-14H2,1-6H3. The number of carbonyl (C=O) groups excluding carboxylic acids is 1. The quantitative estimate of drug-likeness (QED) is 0.380. The van der Waals surface area contributed by atoms with E-state index >= 15 is 0 Å². The molecule has 1 aliphatic rings. The van der Waals surface area contributed by atoms with E-state index in [0.29, 0.717) is 5.92 Å². The summed E-state index contributed by atoms with van der Waals surface area (Å²) in [4.78, 5) is 19.0. The van der Waals surface area contributed by atoms with E-state index in [1.165, 1.54) is 5.69 Å². The molecule has 1 aromatic rings. The molecular weight excluding hydrogens is 356 g/mol. The van der Waals surface area contributed by atoms with Crippen LogP contribution in [-0.4, -0.2) is 29.8 Å². The number of esters is 1. The summed E-state index contributed by atoms with van der Waals surface area (Å²) in [5.74, 6) is 0.139. The number of isothiocyanates is 1. The molecule has 0 bridgehead atoms. The first kappa shape index (κ1) is 21.6. The molecule has 5 heteroatoms. The molecule has 0 spiro atoms. The van der Waals surface area contributed by atoms with Crippen molar-refractivity contribution in [3.05, 3.63) is 24.3 Å². The minimum atomic E-state index is -0.440. The van der Waals surface area contributed by atoms with E-state index < -0.39 is 5.60 Å². The molecule has 27 heavy (non-hydrogen) atoms. The molecule has 0 aliphatic carbocycles. The Bertz CT molecular complexity index is 700. The second-order valence-electron chi connectivity index (χ2n) is 9.38. The summed E-state index contributed by atoms with van der Waals surface area (Å²) in [6, 6.07) is 8.10. The Morgan fingerprint density at radius 3 is 2.52 bits per heavy atom. The van der Waals surface area contributed by atoms with Crippen molar-refractivity contribution in [1.29, 1.82) is 0 Å². The molecule has 0 radical (unpaired) electrons. The fourth-order valence-electron chi connectivity index (χ4n) is 3.82. The Morgan fingerprint density at radius 2 is 1.96 bits per heavy atom. The van der Waals surface area contributed by atoms with Crippen LogP contribution in [0, 0.1) is 17.3 Å². The van der Waals surface area contributed by atoms with E-state index in [1.54, 1.807) is 0 Å². The predicted octanol–water partition coefficient (Wildman–Crippen LogP) is 5.64. The average Bonchev–Trinajstić information content (AvgIpc) is 2.72. The minimum Gasteiger partial charge on any atom is -0.460 e. The zero-order valence-electron chi connectivity index (χ0n) is 17.4. The number of benzene rings is 1. The maximum atomic E-state index is 12.6. The number of anilines is 1. The molecule has 2 atom stereocenters. The van der Waals surface area contributed by atoms with Crippen LogP contribution >= 0.6 is 12.2 Å². The number of carbonyl (C=O) groups is 1. The minimum absolute atomic E-state index is 0.0841. The van der Waals surface area contributed by atoms with Crippen molar-refractivity contribution in [2.24, 2.45) is 22.2 Å². The number of ether oxygens (including phenoxy) is 1. The van der Waals surface area contributed by atoms with Crippen LogP contribution in [0.1, 0.15) is 54.4 Å². The van der Waals surface area contributed by atoms with Crippen molar-refractivity contribution >= 4 is 34.7 Å². The third-order valence-corrected chi connectivity index (χ3v) is 5.17. The monoisotopic (exact) mass is 388 g/mol. The van der Waals surface area contributed by atoms with Gasteiger partial charge in [0.05, 0.1) is 16.8 Å². The van der Waals surface area contributed by atoms with Crippen LogP contribution in [0.5, 0.6) is 0 Å². The molecular formula is C22H32N2O2S. The first-order chi connectivity index (χ1) is 12.5. The van der Waals surface area contributed by atoms with Gasteiger partial charge in [0.15, 0.2) is 0 Å². The molecule has 1 aromatic carbocycles. The molecule has 4 nitrogen and oxygen atoms in total. The summed E-state index contributed by atoms with van der Waals surface area (Å²) in [5, 5.41) is 2.40. The smallest absolute Gasteiger partial charge is 0.309 e. The van der Waals surface area contributed by atoms with Crippen LogP contribution in [-0.2, 0) is 9.53 Å². The number of rotatable bonds is 4. The van der Waals surface area contributed by atoms with E-state index in [-0.39, 0.29) is 17.3 Å². The third-order valence-electron chi connectivity index (χ3n) is 5.08. The zero-order chi connectivity index (χ0) is 20.2. The van der Waals surface area contributed by atoms with E-state index in [1.807, 2.05) is 39.8 Å². The Morgan fingerprint density at radius 1 is 1.33 bits per heavy atom. The molecule has 0 aromatic heterocycles. The lowest BCUT2D eigenvalue weighted by Gasteiger charge is -2.32. The molecule has 148 valence electrons. The third kappa shape index (κ3) is 6.44. The number of nitrogens with zero attached hydrogens (tertiary/aromatic N) is 2. The normalized spacial score (nSPS) is 21.0. The highest BCUT2D eigenvalue weighted by Gasteiger charge is 2.36. The second kappa shape index (κ2) is 8.53. The zero-order valence-corrected chi connectivity index (χ0v) is 18.2.